The SMILES string of the molecule is CCNC=[N+](N[C@@H](C)c1ccccc1)c1ccc([N+](=O)[O-])cc1. The normalized spacial score (nSPS) is 12.5. The highest BCUT2D eigenvalue weighted by atomic mass is 16.6. The summed E-state index contributed by atoms with van der Waals surface area (Å²) in [5.41, 5.74) is 5.43. The predicted octanol–water partition coefficient (Wildman–Crippen LogP) is 3.14. The molecule has 0 saturated carbocycles. The average Bonchev–Trinajstić information content (AvgIpc) is 2.59. The molecular weight excluding hydrogens is 292 g/mol. The highest BCUT2D eigenvalue weighted by Gasteiger charge is 2.13. The lowest BCUT2D eigenvalue weighted by molar-refractivity contribution is -0.512. The van der Waals surface area contributed by atoms with Crippen LogP contribution in [0.15, 0.2) is 54.6 Å². The molecule has 6 heteroatoms. The van der Waals surface area contributed by atoms with E-state index in [0.29, 0.717) is 0 Å². The fourth-order valence-corrected chi connectivity index (χ4v) is 2.13. The maximum atomic E-state index is 10.8. The van der Waals surface area contributed by atoms with E-state index in [1.54, 1.807) is 12.1 Å². The van der Waals surface area contributed by atoms with Crippen LogP contribution in [0.4, 0.5) is 11.4 Å². The summed E-state index contributed by atoms with van der Waals surface area (Å²) in [6.45, 7) is 4.85. The van der Waals surface area contributed by atoms with E-state index in [4.69, 9.17) is 0 Å². The van der Waals surface area contributed by atoms with Crippen LogP contribution in [-0.2, 0) is 0 Å². The molecule has 2 aromatic rings. The zero-order valence-electron chi connectivity index (χ0n) is 13.3. The lowest BCUT2D eigenvalue weighted by Gasteiger charge is -2.16. The lowest BCUT2D eigenvalue weighted by atomic mass is 10.1. The molecular formula is C17H21N4O2+. The van der Waals surface area contributed by atoms with E-state index in [1.807, 2.05) is 36.1 Å². The molecule has 0 radical (unpaired) electrons. The summed E-state index contributed by atoms with van der Waals surface area (Å²) in [5.74, 6) is 0. The lowest BCUT2D eigenvalue weighted by Crippen LogP contribution is -2.32. The van der Waals surface area contributed by atoms with Gasteiger partial charge in [-0.2, -0.15) is 0 Å². The monoisotopic (exact) mass is 313 g/mol. The number of benzene rings is 2. The van der Waals surface area contributed by atoms with Gasteiger partial charge in [0.2, 0.25) is 0 Å². The van der Waals surface area contributed by atoms with E-state index in [0.717, 1.165) is 17.8 Å². The second-order valence-electron chi connectivity index (χ2n) is 5.09. The van der Waals surface area contributed by atoms with Crippen LogP contribution in [-0.4, -0.2) is 22.5 Å². The van der Waals surface area contributed by atoms with Crippen molar-refractivity contribution in [1.82, 2.24) is 10.7 Å². The number of hydrogen-bond acceptors (Lipinski definition) is 3. The Balaban J connectivity index is 2.21. The molecule has 23 heavy (non-hydrogen) atoms. The number of nitro benzene ring substituents is 1. The van der Waals surface area contributed by atoms with Crippen molar-refractivity contribution in [2.45, 2.75) is 19.9 Å². The van der Waals surface area contributed by atoms with E-state index in [-0.39, 0.29) is 11.7 Å². The molecule has 0 heterocycles. The molecule has 2 rings (SSSR count). The molecule has 0 saturated heterocycles. The quantitative estimate of drug-likeness (QED) is 0.271. The van der Waals surface area contributed by atoms with Crippen molar-refractivity contribution >= 4 is 17.7 Å². The smallest absolute Gasteiger partial charge is 0.269 e. The number of nitrogens with one attached hydrogen (secondary N) is 2. The highest BCUT2D eigenvalue weighted by Crippen LogP contribution is 2.19. The Labute approximate surface area is 135 Å². The van der Waals surface area contributed by atoms with Gasteiger partial charge >= 0.3 is 0 Å². The van der Waals surface area contributed by atoms with Crippen LogP contribution < -0.4 is 10.7 Å². The molecule has 0 bridgehead atoms. The Morgan fingerprint density at radius 2 is 1.70 bits per heavy atom. The van der Waals surface area contributed by atoms with Crippen molar-refractivity contribution in [3.63, 3.8) is 0 Å². The van der Waals surface area contributed by atoms with Crippen molar-refractivity contribution in [3.8, 4) is 0 Å². The number of nitrogens with zero attached hydrogens (tertiary/aromatic N) is 2. The molecule has 0 aliphatic rings. The van der Waals surface area contributed by atoms with Crippen molar-refractivity contribution < 1.29 is 9.61 Å². The first-order valence-corrected chi connectivity index (χ1v) is 7.53. The van der Waals surface area contributed by atoms with Crippen LogP contribution in [0.5, 0.6) is 0 Å². The molecule has 0 fully saturated rings. The number of hydrazine groups is 1. The molecule has 2 N–H and O–H groups in total. The summed E-state index contributed by atoms with van der Waals surface area (Å²) in [6.07, 6.45) is 1.82. The van der Waals surface area contributed by atoms with E-state index >= 15 is 0 Å². The summed E-state index contributed by atoms with van der Waals surface area (Å²) in [7, 11) is 0. The minimum absolute atomic E-state index is 0.0771. The third-order valence-corrected chi connectivity index (χ3v) is 3.40. The second kappa shape index (κ2) is 7.93. The van der Waals surface area contributed by atoms with Crippen LogP contribution in [0.25, 0.3) is 0 Å². The largest absolute Gasteiger partial charge is 0.279 e. The molecule has 0 unspecified atom stereocenters. The Hall–Kier alpha value is -2.89. The summed E-state index contributed by atoms with van der Waals surface area (Å²) in [6, 6.07) is 16.6. The first-order chi connectivity index (χ1) is 11.1. The van der Waals surface area contributed by atoms with Crippen LogP contribution in [0.3, 0.4) is 0 Å². The Bertz CT molecular complexity index is 669. The Kier molecular flexibility index (Phi) is 5.68. The van der Waals surface area contributed by atoms with Crippen LogP contribution in [0, 0.1) is 10.1 Å². The molecule has 2 aromatic carbocycles. The Morgan fingerprint density at radius 1 is 1.09 bits per heavy atom. The standard InChI is InChI=1S/C17H20N4O2/c1-3-18-13-20(16-9-11-17(12-10-16)21(22)23)19-14(2)15-7-5-4-6-8-15/h4-14,19H,3H2,1-2H3/p+1/t14-/m0/s1. The number of rotatable bonds is 7. The first kappa shape index (κ1) is 16.5. The maximum absolute atomic E-state index is 10.8. The molecule has 0 aromatic heterocycles. The summed E-state index contributed by atoms with van der Waals surface area (Å²) in [4.78, 5) is 10.4. The van der Waals surface area contributed by atoms with Gasteiger partial charge in [0.15, 0.2) is 5.69 Å². The molecule has 0 amide bonds. The number of hydrogen-bond donors (Lipinski definition) is 2. The van der Waals surface area contributed by atoms with E-state index in [2.05, 4.69) is 29.8 Å². The van der Waals surface area contributed by atoms with Crippen molar-refractivity contribution in [2.24, 2.45) is 0 Å². The van der Waals surface area contributed by atoms with Gasteiger partial charge in [-0.1, -0.05) is 30.3 Å². The van der Waals surface area contributed by atoms with Gasteiger partial charge in [0, 0.05) is 12.1 Å². The van der Waals surface area contributed by atoms with Crippen molar-refractivity contribution in [2.75, 3.05) is 6.54 Å². The van der Waals surface area contributed by atoms with Gasteiger partial charge in [-0.15, -0.1) is 4.68 Å². The van der Waals surface area contributed by atoms with Gasteiger partial charge in [0.25, 0.3) is 12.0 Å². The zero-order chi connectivity index (χ0) is 16.7. The molecule has 120 valence electrons. The number of hydrazone groups is 1. The molecule has 0 spiro atoms. The van der Waals surface area contributed by atoms with Gasteiger partial charge in [-0.3, -0.25) is 15.4 Å². The topological polar surface area (TPSA) is 70.2 Å². The van der Waals surface area contributed by atoms with Crippen LogP contribution >= 0.6 is 0 Å². The molecule has 6 nitrogen and oxygen atoms in total. The van der Waals surface area contributed by atoms with Gasteiger partial charge in [-0.25, -0.2) is 5.43 Å². The molecule has 0 aliphatic carbocycles. The Morgan fingerprint density at radius 3 is 2.26 bits per heavy atom. The van der Waals surface area contributed by atoms with Crippen LogP contribution in [0.1, 0.15) is 25.5 Å². The van der Waals surface area contributed by atoms with Gasteiger partial charge in [0.05, 0.1) is 17.5 Å². The van der Waals surface area contributed by atoms with Gasteiger partial charge in [-0.05, 0) is 31.5 Å². The van der Waals surface area contributed by atoms with Crippen molar-refractivity contribution in [3.05, 3.63) is 70.3 Å². The molecule has 1 atom stereocenters. The van der Waals surface area contributed by atoms with Crippen LogP contribution in [0.2, 0.25) is 0 Å². The highest BCUT2D eigenvalue weighted by molar-refractivity contribution is 5.51. The summed E-state index contributed by atoms with van der Waals surface area (Å²) < 4.78 is 1.84. The minimum Gasteiger partial charge on any atom is -0.279 e. The van der Waals surface area contributed by atoms with E-state index in [1.165, 1.54) is 12.1 Å². The predicted molar refractivity (Wildman–Crippen MR) is 90.8 cm³/mol. The second-order valence-corrected chi connectivity index (χ2v) is 5.09. The van der Waals surface area contributed by atoms with E-state index in [9.17, 15) is 10.1 Å². The fraction of sp³-hybridized carbons (Fsp3) is 0.235. The van der Waals surface area contributed by atoms with E-state index < -0.39 is 4.92 Å². The third-order valence-electron chi connectivity index (χ3n) is 3.40. The maximum Gasteiger partial charge on any atom is 0.269 e. The third kappa shape index (κ3) is 4.54. The summed E-state index contributed by atoms with van der Waals surface area (Å²) in [5, 5.41) is 13.9. The number of nitro groups is 1. The van der Waals surface area contributed by atoms with Gasteiger partial charge < -0.3 is 0 Å². The molecule has 0 aliphatic heterocycles. The number of non-ortho nitro benzene ring substituents is 1. The zero-order valence-corrected chi connectivity index (χ0v) is 13.3. The van der Waals surface area contributed by atoms with Crippen molar-refractivity contribution in [1.29, 1.82) is 0 Å². The first-order valence-electron chi connectivity index (χ1n) is 7.53. The van der Waals surface area contributed by atoms with Gasteiger partial charge in [0.1, 0.15) is 0 Å². The average molecular weight is 313 g/mol. The minimum atomic E-state index is -0.401. The fourth-order valence-electron chi connectivity index (χ4n) is 2.13. The summed E-state index contributed by atoms with van der Waals surface area (Å²) >= 11 is 0.